The highest BCUT2D eigenvalue weighted by atomic mass is 32.2. The van der Waals surface area contributed by atoms with E-state index in [-0.39, 0.29) is 5.78 Å². The first-order valence-corrected chi connectivity index (χ1v) is 5.51. The van der Waals surface area contributed by atoms with Gasteiger partial charge in [-0.25, -0.2) is 0 Å². The highest BCUT2D eigenvalue weighted by Gasteiger charge is 2.38. The number of ketones is 2. The van der Waals surface area contributed by atoms with E-state index < -0.39 is 5.78 Å². The van der Waals surface area contributed by atoms with Crippen molar-refractivity contribution >= 4 is 28.5 Å². The van der Waals surface area contributed by atoms with Crippen molar-refractivity contribution in [1.82, 2.24) is 4.90 Å². The molecule has 1 fully saturated rings. The maximum atomic E-state index is 11.5. The predicted molar refractivity (Wildman–Crippen MR) is 57.4 cm³/mol. The van der Waals surface area contributed by atoms with E-state index in [0.717, 1.165) is 28.9 Å². The van der Waals surface area contributed by atoms with Gasteiger partial charge in [-0.05, 0) is 18.7 Å². The summed E-state index contributed by atoms with van der Waals surface area (Å²) in [4.78, 5) is 30.1. The van der Waals surface area contributed by atoms with Gasteiger partial charge in [0.05, 0.1) is 12.2 Å². The third kappa shape index (κ3) is 1.07. The molecule has 3 aliphatic rings. The summed E-state index contributed by atoms with van der Waals surface area (Å²) < 4.78 is 0. The fourth-order valence-corrected chi connectivity index (χ4v) is 3.13. The summed E-state index contributed by atoms with van der Waals surface area (Å²) in [5.41, 5.74) is 1.44. The fourth-order valence-electron chi connectivity index (χ4n) is 1.96. The Labute approximate surface area is 90.7 Å². The Morgan fingerprint density at radius 3 is 3.07 bits per heavy atom. The molecule has 0 amide bonds. The van der Waals surface area contributed by atoms with Crippen LogP contribution in [0.1, 0.15) is 6.92 Å². The number of fused-ring (bicyclic) bond motifs is 3. The zero-order valence-corrected chi connectivity index (χ0v) is 8.93. The second-order valence-electron chi connectivity index (χ2n) is 3.59. The Balaban J connectivity index is 2.19. The predicted octanol–water partition coefficient (Wildman–Crippen LogP) is 0.715. The van der Waals surface area contributed by atoms with Crippen LogP contribution in [-0.2, 0) is 9.59 Å². The van der Waals surface area contributed by atoms with Gasteiger partial charge in [-0.15, -0.1) is 0 Å². The molecule has 3 rings (SSSR count). The molecule has 0 aromatic rings. The highest BCUT2D eigenvalue weighted by molar-refractivity contribution is 8.17. The largest absolute Gasteiger partial charge is 0.318 e. The molecule has 15 heavy (non-hydrogen) atoms. The zero-order chi connectivity index (χ0) is 10.6. The Kier molecular flexibility index (Phi) is 1.68. The summed E-state index contributed by atoms with van der Waals surface area (Å²) in [6.45, 7) is 3.30. The number of aliphatic imine (C=N–C) groups is 1. The topological polar surface area (TPSA) is 49.7 Å². The smallest absolute Gasteiger partial charge is 0.230 e. The minimum Gasteiger partial charge on any atom is -0.318 e. The normalized spacial score (nSPS) is 24.2. The monoisotopic (exact) mass is 220 g/mol. The molecule has 0 bridgehead atoms. The second kappa shape index (κ2) is 2.82. The van der Waals surface area contributed by atoms with E-state index in [1.54, 1.807) is 6.92 Å². The molecule has 0 radical (unpaired) electrons. The number of allylic oxidation sites excluding steroid dienone is 2. The lowest BCUT2D eigenvalue weighted by Crippen LogP contribution is -2.26. The van der Waals surface area contributed by atoms with E-state index in [0.29, 0.717) is 5.57 Å². The van der Waals surface area contributed by atoms with E-state index in [9.17, 15) is 9.59 Å². The molecule has 0 atom stereocenters. The number of hydrogen-bond acceptors (Lipinski definition) is 5. The van der Waals surface area contributed by atoms with Gasteiger partial charge in [-0.2, -0.15) is 0 Å². The summed E-state index contributed by atoms with van der Waals surface area (Å²) in [7, 11) is 0. The number of nitrogens with zero attached hydrogens (tertiary/aromatic N) is 2. The Bertz CT molecular complexity index is 488. The van der Waals surface area contributed by atoms with Gasteiger partial charge in [-0.1, -0.05) is 0 Å². The number of carbonyl (C=O) groups is 2. The molecule has 2 aliphatic heterocycles. The van der Waals surface area contributed by atoms with E-state index in [4.69, 9.17) is 0 Å². The summed E-state index contributed by atoms with van der Waals surface area (Å²) in [5.74, 6) is -0.803. The molecule has 0 aromatic heterocycles. The van der Waals surface area contributed by atoms with Gasteiger partial charge in [0.25, 0.3) is 0 Å². The Morgan fingerprint density at radius 1 is 1.47 bits per heavy atom. The van der Waals surface area contributed by atoms with Gasteiger partial charge in [0.2, 0.25) is 11.6 Å². The number of Topliss-reactive ketones (excluding diaryl/α,β-unsaturated/α-hetero) is 1. The van der Waals surface area contributed by atoms with Crippen LogP contribution in [0.5, 0.6) is 0 Å². The molecule has 2 heterocycles. The van der Waals surface area contributed by atoms with Crippen LogP contribution in [-0.4, -0.2) is 34.7 Å². The van der Waals surface area contributed by atoms with Crippen LogP contribution in [0, 0.1) is 0 Å². The third-order valence-electron chi connectivity index (χ3n) is 2.69. The molecule has 0 N–H and O–H groups in total. The number of thioether (sulfide) groups is 1. The quantitative estimate of drug-likeness (QED) is 0.446. The van der Waals surface area contributed by atoms with Crippen molar-refractivity contribution in [2.45, 2.75) is 6.92 Å². The first-order valence-electron chi connectivity index (χ1n) is 4.70. The SMILES string of the molecule is CC1=C2C(=CC(=O)C1=O)SC1=NCCN12. The molecule has 76 valence electrons. The van der Waals surface area contributed by atoms with Crippen molar-refractivity contribution in [2.24, 2.45) is 4.99 Å². The van der Waals surface area contributed by atoms with Crippen LogP contribution in [0.3, 0.4) is 0 Å². The molecular formula is C10H8N2O2S. The summed E-state index contributed by atoms with van der Waals surface area (Å²) >= 11 is 1.48. The second-order valence-corrected chi connectivity index (χ2v) is 4.60. The Hall–Kier alpha value is -1.36. The van der Waals surface area contributed by atoms with Gasteiger partial charge in [0.15, 0.2) is 5.17 Å². The molecule has 1 aliphatic carbocycles. The lowest BCUT2D eigenvalue weighted by molar-refractivity contribution is -0.131. The number of rotatable bonds is 0. The van der Waals surface area contributed by atoms with Crippen molar-refractivity contribution in [2.75, 3.05) is 13.1 Å². The molecule has 1 saturated heterocycles. The first kappa shape index (κ1) is 8.91. The third-order valence-corrected chi connectivity index (χ3v) is 3.75. The summed E-state index contributed by atoms with van der Waals surface area (Å²) in [6, 6.07) is 0. The minimum atomic E-state index is -0.416. The summed E-state index contributed by atoms with van der Waals surface area (Å²) in [5, 5.41) is 0.915. The van der Waals surface area contributed by atoms with E-state index in [1.165, 1.54) is 17.8 Å². The van der Waals surface area contributed by atoms with Crippen LogP contribution in [0.2, 0.25) is 0 Å². The Morgan fingerprint density at radius 2 is 2.27 bits per heavy atom. The first-order chi connectivity index (χ1) is 7.18. The van der Waals surface area contributed by atoms with Crippen LogP contribution >= 0.6 is 11.8 Å². The van der Waals surface area contributed by atoms with Gasteiger partial charge >= 0.3 is 0 Å². The number of hydrogen-bond donors (Lipinski definition) is 0. The fraction of sp³-hybridized carbons (Fsp3) is 0.300. The maximum Gasteiger partial charge on any atom is 0.230 e. The van der Waals surface area contributed by atoms with Gasteiger partial charge < -0.3 is 4.90 Å². The van der Waals surface area contributed by atoms with Crippen molar-refractivity contribution < 1.29 is 9.59 Å². The lowest BCUT2D eigenvalue weighted by Gasteiger charge is -2.17. The zero-order valence-electron chi connectivity index (χ0n) is 8.11. The molecule has 0 unspecified atom stereocenters. The van der Waals surface area contributed by atoms with Gasteiger partial charge in [0.1, 0.15) is 0 Å². The number of carbonyl (C=O) groups excluding carboxylic acids is 2. The maximum absolute atomic E-state index is 11.5. The average Bonchev–Trinajstić information content (AvgIpc) is 2.73. The molecule has 0 aromatic carbocycles. The van der Waals surface area contributed by atoms with Gasteiger partial charge in [-0.3, -0.25) is 14.6 Å². The summed E-state index contributed by atoms with van der Waals surface area (Å²) in [6.07, 6.45) is 1.43. The molecule has 0 saturated carbocycles. The molecular weight excluding hydrogens is 212 g/mol. The van der Waals surface area contributed by atoms with Crippen LogP contribution in [0.25, 0.3) is 0 Å². The van der Waals surface area contributed by atoms with Crippen molar-refractivity contribution in [3.05, 3.63) is 22.3 Å². The van der Waals surface area contributed by atoms with E-state index in [2.05, 4.69) is 4.99 Å². The van der Waals surface area contributed by atoms with E-state index >= 15 is 0 Å². The van der Waals surface area contributed by atoms with Crippen LogP contribution in [0.4, 0.5) is 0 Å². The van der Waals surface area contributed by atoms with Crippen molar-refractivity contribution in [3.8, 4) is 0 Å². The molecule has 4 nitrogen and oxygen atoms in total. The van der Waals surface area contributed by atoms with Crippen LogP contribution in [0.15, 0.2) is 27.2 Å². The molecule has 0 spiro atoms. The standard InChI is InChI=1S/C10H8N2O2S/c1-5-8-7(4-6(13)9(5)14)15-10-11-2-3-12(8)10/h4H,2-3H2,1H3. The minimum absolute atomic E-state index is 0.387. The average molecular weight is 220 g/mol. The van der Waals surface area contributed by atoms with Crippen molar-refractivity contribution in [3.63, 3.8) is 0 Å². The lowest BCUT2D eigenvalue weighted by atomic mass is 10.0. The molecule has 5 heteroatoms. The number of amidine groups is 1. The van der Waals surface area contributed by atoms with Crippen LogP contribution < -0.4 is 0 Å². The van der Waals surface area contributed by atoms with Crippen molar-refractivity contribution in [1.29, 1.82) is 0 Å². The van der Waals surface area contributed by atoms with E-state index in [1.807, 2.05) is 4.90 Å². The van der Waals surface area contributed by atoms with Gasteiger partial charge in [0, 0.05) is 23.1 Å². The highest BCUT2D eigenvalue weighted by Crippen LogP contribution is 2.43.